The van der Waals surface area contributed by atoms with Gasteiger partial charge in [-0.2, -0.15) is 0 Å². The zero-order valence-corrected chi connectivity index (χ0v) is 9.91. The van der Waals surface area contributed by atoms with Gasteiger partial charge in [0.05, 0.1) is 29.4 Å². The molecule has 0 N–H and O–H groups in total. The number of hydrogen-bond acceptors (Lipinski definition) is 3. The van der Waals surface area contributed by atoms with E-state index in [0.717, 1.165) is 0 Å². The van der Waals surface area contributed by atoms with E-state index in [1.807, 2.05) is 13.0 Å². The van der Waals surface area contributed by atoms with Gasteiger partial charge in [-0.1, -0.05) is 18.2 Å². The molecule has 0 spiro atoms. The molecule has 4 heteroatoms. The molecule has 0 amide bonds. The Hall–Kier alpha value is -1.42. The van der Waals surface area contributed by atoms with Crippen molar-refractivity contribution in [2.24, 2.45) is 0 Å². The summed E-state index contributed by atoms with van der Waals surface area (Å²) in [6, 6.07) is 8.93. The average molecular weight is 239 g/mol. The van der Waals surface area contributed by atoms with E-state index < -0.39 is 10.8 Å². The summed E-state index contributed by atoms with van der Waals surface area (Å²) in [6.45, 7) is 2.35. The van der Waals surface area contributed by atoms with Crippen molar-refractivity contribution in [3.05, 3.63) is 42.7 Å². The van der Waals surface area contributed by atoms with Gasteiger partial charge in [0.2, 0.25) is 0 Å². The molecule has 1 rings (SSSR count). The molecule has 0 saturated carbocycles. The summed E-state index contributed by atoms with van der Waals surface area (Å²) in [4.78, 5) is 12.0. The van der Waals surface area contributed by atoms with Crippen LogP contribution >= 0.6 is 0 Å². The number of ether oxygens (including phenoxy) is 1. The second-order valence-corrected chi connectivity index (χ2v) is 4.48. The number of ketones is 1. The van der Waals surface area contributed by atoms with Crippen LogP contribution in [-0.2, 0) is 20.3 Å². The van der Waals surface area contributed by atoms with Crippen molar-refractivity contribution < 1.29 is 13.7 Å². The van der Waals surface area contributed by atoms with Crippen molar-refractivity contribution in [2.45, 2.75) is 11.8 Å². The molecule has 0 heterocycles. The highest BCUT2D eigenvalue weighted by Gasteiger charge is 2.07. The van der Waals surface area contributed by atoms with Crippen molar-refractivity contribution in [1.29, 1.82) is 0 Å². The topological polar surface area (TPSA) is 43.4 Å². The number of carbonyl (C=O) groups excluding carboxylic acids is 1. The Bertz CT molecular complexity index is 385. The van der Waals surface area contributed by atoms with Crippen LogP contribution in [-0.4, -0.2) is 22.4 Å². The van der Waals surface area contributed by atoms with E-state index in [1.54, 1.807) is 24.3 Å². The number of allylic oxidation sites excluding steroid dienone is 1. The van der Waals surface area contributed by atoms with Crippen LogP contribution in [0, 0.1) is 0 Å². The maximum Gasteiger partial charge on any atom is 0.171 e. The van der Waals surface area contributed by atoms with Gasteiger partial charge in [-0.25, -0.2) is 0 Å². The molecule has 0 radical (unpaired) electrons. The van der Waals surface area contributed by atoms with Gasteiger partial charge in [0.25, 0.3) is 0 Å². The standard InChI is InChI=1S/C12H14O3S/c1-2-15-9-8-11(13)10-16(14)12-6-4-3-5-7-12/h3-9H,2,10H2,1H3/b9-8+/i10+1. The molecule has 0 fully saturated rings. The maximum atomic E-state index is 11.7. The first kappa shape index (κ1) is 12.6. The smallest absolute Gasteiger partial charge is 0.171 e. The minimum absolute atomic E-state index is 0.00636. The van der Waals surface area contributed by atoms with Crippen LogP contribution < -0.4 is 0 Å². The number of hydrogen-bond donors (Lipinski definition) is 0. The van der Waals surface area contributed by atoms with Gasteiger partial charge >= 0.3 is 0 Å². The van der Waals surface area contributed by atoms with Gasteiger partial charge in [-0.15, -0.1) is 0 Å². The van der Waals surface area contributed by atoms with Gasteiger partial charge in [0.1, 0.15) is 0 Å². The third-order valence-corrected chi connectivity index (χ3v) is 3.14. The molecule has 16 heavy (non-hydrogen) atoms. The monoisotopic (exact) mass is 239 g/mol. The molecule has 0 aliphatic carbocycles. The largest absolute Gasteiger partial charge is 0.501 e. The Balaban J connectivity index is 2.49. The molecule has 1 aromatic carbocycles. The van der Waals surface area contributed by atoms with Crippen molar-refractivity contribution in [3.63, 3.8) is 0 Å². The molecular weight excluding hydrogens is 225 g/mol. The fourth-order valence-electron chi connectivity index (χ4n) is 1.05. The number of rotatable bonds is 6. The van der Waals surface area contributed by atoms with Crippen molar-refractivity contribution in [2.75, 3.05) is 12.4 Å². The van der Waals surface area contributed by atoms with Crippen LogP contribution in [0.2, 0.25) is 0 Å². The molecule has 0 bridgehead atoms. The maximum absolute atomic E-state index is 11.7. The van der Waals surface area contributed by atoms with E-state index in [4.69, 9.17) is 4.74 Å². The summed E-state index contributed by atoms with van der Waals surface area (Å²) in [5.41, 5.74) is 0. The first-order valence-corrected chi connectivity index (χ1v) is 6.30. The number of carbonyl (C=O) groups is 1. The first-order valence-electron chi connectivity index (χ1n) is 4.98. The van der Waals surface area contributed by atoms with Crippen LogP contribution in [0.1, 0.15) is 6.92 Å². The minimum Gasteiger partial charge on any atom is -0.501 e. The lowest BCUT2D eigenvalue weighted by atomic mass is 10.4. The quantitative estimate of drug-likeness (QED) is 0.432. The molecular formula is C12H14O3S. The summed E-state index contributed by atoms with van der Waals surface area (Å²) in [5.74, 6) is -0.205. The summed E-state index contributed by atoms with van der Waals surface area (Å²) >= 11 is 0. The van der Waals surface area contributed by atoms with Crippen LogP contribution in [0.4, 0.5) is 0 Å². The molecule has 0 saturated heterocycles. The molecule has 1 atom stereocenters. The third-order valence-electron chi connectivity index (χ3n) is 1.80. The summed E-state index contributed by atoms with van der Waals surface area (Å²) in [6.07, 6.45) is 2.65. The highest BCUT2D eigenvalue weighted by molar-refractivity contribution is 7.85. The molecule has 86 valence electrons. The Morgan fingerprint density at radius 2 is 2.06 bits per heavy atom. The molecule has 1 aromatic rings. The lowest BCUT2D eigenvalue weighted by molar-refractivity contribution is -0.112. The molecule has 0 aliphatic rings. The minimum atomic E-state index is -1.28. The predicted molar refractivity (Wildman–Crippen MR) is 63.5 cm³/mol. The molecule has 0 aliphatic heterocycles. The normalized spacial score (nSPS) is 12.6. The van der Waals surface area contributed by atoms with Crippen LogP contribution in [0.25, 0.3) is 0 Å². The van der Waals surface area contributed by atoms with E-state index in [1.165, 1.54) is 12.3 Å². The Labute approximate surface area is 97.6 Å². The van der Waals surface area contributed by atoms with Crippen molar-refractivity contribution in [3.8, 4) is 0 Å². The van der Waals surface area contributed by atoms with Gasteiger partial charge in [-0.3, -0.25) is 9.00 Å². The zero-order chi connectivity index (χ0) is 11.8. The summed E-state index contributed by atoms with van der Waals surface area (Å²) < 4.78 is 16.6. The summed E-state index contributed by atoms with van der Waals surface area (Å²) in [7, 11) is -1.28. The van der Waals surface area contributed by atoms with E-state index in [0.29, 0.717) is 11.5 Å². The second kappa shape index (κ2) is 6.95. The van der Waals surface area contributed by atoms with Gasteiger partial charge in [-0.05, 0) is 19.1 Å². The first-order chi connectivity index (χ1) is 7.74. The van der Waals surface area contributed by atoms with E-state index in [9.17, 15) is 9.00 Å². The Morgan fingerprint density at radius 3 is 2.69 bits per heavy atom. The fraction of sp³-hybridized carbons (Fsp3) is 0.250. The highest BCUT2D eigenvalue weighted by Crippen LogP contribution is 2.05. The van der Waals surface area contributed by atoms with Crippen molar-refractivity contribution >= 4 is 16.6 Å². The highest BCUT2D eigenvalue weighted by atomic mass is 32.2. The Kier molecular flexibility index (Phi) is 5.50. The van der Waals surface area contributed by atoms with E-state index in [2.05, 4.69) is 0 Å². The Morgan fingerprint density at radius 1 is 1.38 bits per heavy atom. The lowest BCUT2D eigenvalue weighted by Crippen LogP contribution is -2.07. The van der Waals surface area contributed by atoms with Crippen LogP contribution in [0.15, 0.2) is 47.6 Å². The number of benzene rings is 1. The fourth-order valence-corrected chi connectivity index (χ4v) is 2.04. The molecule has 1 unspecified atom stereocenters. The van der Waals surface area contributed by atoms with Gasteiger partial charge in [0.15, 0.2) is 5.78 Å². The van der Waals surface area contributed by atoms with E-state index >= 15 is 0 Å². The zero-order valence-electron chi connectivity index (χ0n) is 9.09. The van der Waals surface area contributed by atoms with Crippen molar-refractivity contribution in [1.82, 2.24) is 0 Å². The van der Waals surface area contributed by atoms with Crippen LogP contribution in [0.3, 0.4) is 0 Å². The molecule has 0 aromatic heterocycles. The second-order valence-electron chi connectivity index (χ2n) is 3.03. The SMILES string of the molecule is CCO/C=C/C(=O)[13CH2]S(=O)c1ccccc1. The third kappa shape index (κ3) is 4.40. The van der Waals surface area contributed by atoms with Gasteiger partial charge in [0, 0.05) is 11.0 Å². The van der Waals surface area contributed by atoms with Gasteiger partial charge < -0.3 is 4.74 Å². The lowest BCUT2D eigenvalue weighted by Gasteiger charge is -1.98. The van der Waals surface area contributed by atoms with Crippen LogP contribution in [0.5, 0.6) is 0 Å². The molecule has 3 nitrogen and oxygen atoms in total. The van der Waals surface area contributed by atoms with E-state index in [-0.39, 0.29) is 11.5 Å². The summed E-state index contributed by atoms with van der Waals surface area (Å²) in [5, 5.41) is 0. The average Bonchev–Trinajstić information content (AvgIpc) is 2.30. The predicted octanol–water partition coefficient (Wildman–Crippen LogP) is 1.91.